The number of hydrogen-bond acceptors (Lipinski definition) is 2. The van der Waals surface area contributed by atoms with Crippen molar-refractivity contribution in [1.82, 2.24) is 4.90 Å². The monoisotopic (exact) mass is 402 g/mol. The summed E-state index contributed by atoms with van der Waals surface area (Å²) in [5.74, 6) is 0.0720. The lowest BCUT2D eigenvalue weighted by Gasteiger charge is -2.31. The third-order valence-corrected chi connectivity index (χ3v) is 4.74. The molecule has 2 N–H and O–H groups in total. The Hall–Kier alpha value is -0.880. The molecule has 2 rings (SSSR count). The van der Waals surface area contributed by atoms with Gasteiger partial charge in [-0.2, -0.15) is 0 Å². The molecule has 0 aliphatic carbocycles. The van der Waals surface area contributed by atoms with Gasteiger partial charge in [0.1, 0.15) is 0 Å². The van der Waals surface area contributed by atoms with Gasteiger partial charge in [-0.05, 0) is 52.9 Å². The minimum absolute atomic E-state index is 0.0238. The van der Waals surface area contributed by atoms with Crippen LogP contribution in [0.4, 0.5) is 0 Å². The predicted molar refractivity (Wildman–Crippen MR) is 84.3 cm³/mol. The molecule has 20 heavy (non-hydrogen) atoms. The van der Waals surface area contributed by atoms with Crippen LogP contribution in [0.1, 0.15) is 29.6 Å². The first-order valence-electron chi connectivity index (χ1n) is 6.50. The SMILES string of the molecule is NC(=O)CC1CCN(C(=O)c2cc(Br)ccc2Br)CC1. The fourth-order valence-corrected chi connectivity index (χ4v) is 3.23. The van der Waals surface area contributed by atoms with Crippen LogP contribution in [-0.4, -0.2) is 29.8 Å². The van der Waals surface area contributed by atoms with Crippen LogP contribution in [0.15, 0.2) is 27.1 Å². The molecule has 0 saturated carbocycles. The van der Waals surface area contributed by atoms with E-state index in [1.165, 1.54) is 0 Å². The summed E-state index contributed by atoms with van der Waals surface area (Å²) in [4.78, 5) is 25.2. The van der Waals surface area contributed by atoms with Gasteiger partial charge in [0, 0.05) is 28.5 Å². The summed E-state index contributed by atoms with van der Waals surface area (Å²) in [6.45, 7) is 1.35. The second kappa shape index (κ2) is 6.72. The third kappa shape index (κ3) is 3.82. The second-order valence-electron chi connectivity index (χ2n) is 5.03. The molecular weight excluding hydrogens is 388 g/mol. The fourth-order valence-electron chi connectivity index (χ4n) is 2.46. The number of amides is 2. The number of primary amides is 1. The van der Waals surface area contributed by atoms with E-state index in [-0.39, 0.29) is 11.8 Å². The first-order valence-corrected chi connectivity index (χ1v) is 8.08. The number of likely N-dealkylation sites (tertiary alicyclic amines) is 1. The summed E-state index contributed by atoms with van der Waals surface area (Å²) >= 11 is 6.80. The highest BCUT2D eigenvalue weighted by Gasteiger charge is 2.25. The Morgan fingerprint density at radius 1 is 1.25 bits per heavy atom. The van der Waals surface area contributed by atoms with Gasteiger partial charge in [0.05, 0.1) is 5.56 Å². The predicted octanol–water partition coefficient (Wildman–Crippen LogP) is 2.94. The van der Waals surface area contributed by atoms with Crippen molar-refractivity contribution in [2.24, 2.45) is 11.7 Å². The van der Waals surface area contributed by atoms with E-state index in [0.29, 0.717) is 31.0 Å². The Morgan fingerprint density at radius 2 is 1.90 bits per heavy atom. The molecule has 0 unspecified atom stereocenters. The highest BCUT2D eigenvalue weighted by atomic mass is 79.9. The quantitative estimate of drug-likeness (QED) is 0.843. The lowest BCUT2D eigenvalue weighted by atomic mass is 9.93. The number of nitrogens with two attached hydrogens (primary N) is 1. The van der Waals surface area contributed by atoms with E-state index < -0.39 is 0 Å². The van der Waals surface area contributed by atoms with Crippen LogP contribution >= 0.6 is 31.9 Å². The van der Waals surface area contributed by atoms with Crippen molar-refractivity contribution in [3.05, 3.63) is 32.7 Å². The van der Waals surface area contributed by atoms with Gasteiger partial charge in [-0.15, -0.1) is 0 Å². The number of carbonyl (C=O) groups is 2. The maximum absolute atomic E-state index is 12.5. The first kappa shape index (κ1) is 15.5. The van der Waals surface area contributed by atoms with Crippen LogP contribution in [0.3, 0.4) is 0 Å². The Morgan fingerprint density at radius 3 is 2.50 bits per heavy atom. The number of rotatable bonds is 3. The van der Waals surface area contributed by atoms with Gasteiger partial charge in [0.25, 0.3) is 5.91 Å². The lowest BCUT2D eigenvalue weighted by molar-refractivity contribution is -0.119. The topological polar surface area (TPSA) is 63.4 Å². The molecule has 1 saturated heterocycles. The molecule has 1 aliphatic heterocycles. The average Bonchev–Trinajstić information content (AvgIpc) is 2.41. The van der Waals surface area contributed by atoms with Crippen molar-refractivity contribution in [2.75, 3.05) is 13.1 Å². The smallest absolute Gasteiger partial charge is 0.255 e. The molecule has 6 heteroatoms. The molecule has 0 radical (unpaired) electrons. The standard InChI is InChI=1S/C14H16Br2N2O2/c15-10-1-2-12(16)11(8-10)14(20)18-5-3-9(4-6-18)7-13(17)19/h1-2,8-9H,3-7H2,(H2,17,19). The zero-order valence-corrected chi connectivity index (χ0v) is 14.1. The Balaban J connectivity index is 2.01. The Bertz CT molecular complexity index is 526. The van der Waals surface area contributed by atoms with Gasteiger partial charge >= 0.3 is 0 Å². The molecule has 0 aromatic heterocycles. The lowest BCUT2D eigenvalue weighted by Crippen LogP contribution is -2.39. The van der Waals surface area contributed by atoms with Crippen molar-refractivity contribution in [1.29, 1.82) is 0 Å². The van der Waals surface area contributed by atoms with Gasteiger partial charge in [0.2, 0.25) is 5.91 Å². The molecule has 108 valence electrons. The largest absolute Gasteiger partial charge is 0.370 e. The maximum Gasteiger partial charge on any atom is 0.255 e. The molecule has 0 atom stereocenters. The van der Waals surface area contributed by atoms with Crippen LogP contribution in [0.2, 0.25) is 0 Å². The molecular formula is C14H16Br2N2O2. The van der Waals surface area contributed by atoms with Gasteiger partial charge in [-0.1, -0.05) is 15.9 Å². The van der Waals surface area contributed by atoms with Gasteiger partial charge in [0.15, 0.2) is 0 Å². The maximum atomic E-state index is 12.5. The molecule has 0 spiro atoms. The summed E-state index contributed by atoms with van der Waals surface area (Å²) in [6.07, 6.45) is 2.09. The molecule has 1 aromatic carbocycles. The molecule has 0 bridgehead atoms. The number of hydrogen-bond donors (Lipinski definition) is 1. The van der Waals surface area contributed by atoms with E-state index >= 15 is 0 Å². The number of benzene rings is 1. The molecule has 2 amide bonds. The van der Waals surface area contributed by atoms with Crippen LogP contribution < -0.4 is 5.73 Å². The third-order valence-electron chi connectivity index (χ3n) is 3.55. The average molecular weight is 404 g/mol. The summed E-state index contributed by atoms with van der Waals surface area (Å²) in [6, 6.07) is 5.57. The minimum atomic E-state index is -0.260. The molecule has 1 heterocycles. The van der Waals surface area contributed by atoms with Crippen LogP contribution in [-0.2, 0) is 4.79 Å². The zero-order chi connectivity index (χ0) is 14.7. The zero-order valence-electron chi connectivity index (χ0n) is 10.9. The normalized spacial score (nSPS) is 16.2. The number of piperidine rings is 1. The van der Waals surface area contributed by atoms with Crippen molar-refractivity contribution in [2.45, 2.75) is 19.3 Å². The van der Waals surface area contributed by atoms with Crippen molar-refractivity contribution < 1.29 is 9.59 Å². The summed E-state index contributed by atoms with van der Waals surface area (Å²) in [5.41, 5.74) is 5.87. The van der Waals surface area contributed by atoms with Crippen molar-refractivity contribution in [3.8, 4) is 0 Å². The highest BCUT2D eigenvalue weighted by Crippen LogP contribution is 2.26. The summed E-state index contributed by atoms with van der Waals surface area (Å²) in [5, 5.41) is 0. The Labute approximate surface area is 135 Å². The number of halogens is 2. The number of carbonyl (C=O) groups excluding carboxylic acids is 2. The molecule has 1 aliphatic rings. The molecule has 1 fully saturated rings. The van der Waals surface area contributed by atoms with Crippen molar-refractivity contribution in [3.63, 3.8) is 0 Å². The van der Waals surface area contributed by atoms with E-state index in [4.69, 9.17) is 5.73 Å². The van der Waals surface area contributed by atoms with Gasteiger partial charge in [-0.25, -0.2) is 0 Å². The summed E-state index contributed by atoms with van der Waals surface area (Å²) < 4.78 is 1.68. The fraction of sp³-hybridized carbons (Fsp3) is 0.429. The van der Waals surface area contributed by atoms with Crippen LogP contribution in [0.25, 0.3) is 0 Å². The van der Waals surface area contributed by atoms with Crippen LogP contribution in [0.5, 0.6) is 0 Å². The highest BCUT2D eigenvalue weighted by molar-refractivity contribution is 9.11. The Kier molecular flexibility index (Phi) is 5.21. The van der Waals surface area contributed by atoms with E-state index in [1.807, 2.05) is 23.1 Å². The van der Waals surface area contributed by atoms with Gasteiger partial charge in [-0.3, -0.25) is 9.59 Å². The van der Waals surface area contributed by atoms with E-state index in [1.54, 1.807) is 0 Å². The first-order chi connectivity index (χ1) is 9.47. The van der Waals surface area contributed by atoms with E-state index in [9.17, 15) is 9.59 Å². The number of nitrogens with zero attached hydrogens (tertiary/aromatic N) is 1. The second-order valence-corrected chi connectivity index (χ2v) is 6.80. The minimum Gasteiger partial charge on any atom is -0.370 e. The van der Waals surface area contributed by atoms with Gasteiger partial charge < -0.3 is 10.6 Å². The van der Waals surface area contributed by atoms with E-state index in [0.717, 1.165) is 21.8 Å². The van der Waals surface area contributed by atoms with Crippen molar-refractivity contribution >= 4 is 43.7 Å². The van der Waals surface area contributed by atoms with E-state index in [2.05, 4.69) is 31.9 Å². The molecule has 1 aromatic rings. The molecule has 4 nitrogen and oxygen atoms in total. The van der Waals surface area contributed by atoms with Crippen LogP contribution in [0, 0.1) is 5.92 Å². The summed E-state index contributed by atoms with van der Waals surface area (Å²) in [7, 11) is 0.